The second kappa shape index (κ2) is 13.3. The van der Waals surface area contributed by atoms with Gasteiger partial charge in [-0.1, -0.05) is 140 Å². The molecule has 0 unspecified atom stereocenters. The number of benzene rings is 7. The van der Waals surface area contributed by atoms with Crippen LogP contribution in [0, 0.1) is 0 Å². The van der Waals surface area contributed by atoms with Crippen molar-refractivity contribution in [3.63, 3.8) is 0 Å². The molecule has 2 aliphatic rings. The largest absolute Gasteiger partial charge is 0.456 e. The lowest BCUT2D eigenvalue weighted by molar-refractivity contribution is 0.667. The summed E-state index contributed by atoms with van der Waals surface area (Å²) in [7, 11) is 0. The van der Waals surface area contributed by atoms with Gasteiger partial charge in [0, 0.05) is 55.9 Å². The Hall–Kier alpha value is -7.24. The van der Waals surface area contributed by atoms with Crippen molar-refractivity contribution in [3.8, 4) is 16.8 Å². The summed E-state index contributed by atoms with van der Waals surface area (Å²) in [5.74, 6) is 1.58. The number of aromatic nitrogens is 1. The molecule has 5 heteroatoms. The molecule has 3 heterocycles. The van der Waals surface area contributed by atoms with E-state index in [0.29, 0.717) is 0 Å². The number of nitrogens with zero attached hydrogens (tertiary/aromatic N) is 3. The van der Waals surface area contributed by atoms with Crippen LogP contribution in [0.2, 0.25) is 0 Å². The summed E-state index contributed by atoms with van der Waals surface area (Å²) in [6.45, 7) is 0. The van der Waals surface area contributed by atoms with Crippen molar-refractivity contribution in [2.45, 2.75) is 19.0 Å². The minimum atomic E-state index is -0.462. The van der Waals surface area contributed by atoms with E-state index in [2.05, 4.69) is 155 Å². The van der Waals surface area contributed by atoms with Crippen LogP contribution in [-0.2, 0) is 6.42 Å². The number of fused-ring (bicyclic) bond motifs is 6. The second-order valence-electron chi connectivity index (χ2n) is 14.5. The van der Waals surface area contributed by atoms with Crippen molar-refractivity contribution in [3.05, 3.63) is 209 Å². The lowest BCUT2D eigenvalue weighted by atomic mass is 9.91. The maximum absolute atomic E-state index is 6.72. The predicted octanol–water partition coefficient (Wildman–Crippen LogP) is 12.2. The summed E-state index contributed by atoms with van der Waals surface area (Å²) >= 11 is 0. The molecule has 266 valence electrons. The molecule has 0 atom stereocenters. The molecular formula is C51H36N4O. The van der Waals surface area contributed by atoms with Gasteiger partial charge in [0.25, 0.3) is 0 Å². The van der Waals surface area contributed by atoms with E-state index in [0.717, 1.165) is 68.8 Å². The lowest BCUT2D eigenvalue weighted by Gasteiger charge is -2.22. The molecule has 0 radical (unpaired) electrons. The van der Waals surface area contributed by atoms with Crippen molar-refractivity contribution in [1.29, 1.82) is 0 Å². The molecule has 0 amide bonds. The van der Waals surface area contributed by atoms with Crippen molar-refractivity contribution in [2.75, 3.05) is 0 Å². The summed E-state index contributed by atoms with van der Waals surface area (Å²) in [5, 5.41) is 6.87. The number of amidine groups is 2. The number of furan rings is 1. The zero-order valence-electron chi connectivity index (χ0n) is 30.6. The molecule has 9 aromatic rings. The summed E-state index contributed by atoms with van der Waals surface area (Å²) in [6.07, 6.45) is 3.87. The monoisotopic (exact) mass is 720 g/mol. The van der Waals surface area contributed by atoms with Crippen LogP contribution < -0.4 is 5.32 Å². The Kier molecular flexibility index (Phi) is 7.62. The smallest absolute Gasteiger partial charge is 0.170 e. The van der Waals surface area contributed by atoms with Gasteiger partial charge in [-0.15, -0.1) is 0 Å². The van der Waals surface area contributed by atoms with Crippen LogP contribution in [0.15, 0.2) is 190 Å². The van der Waals surface area contributed by atoms with Gasteiger partial charge in [0.2, 0.25) is 0 Å². The van der Waals surface area contributed by atoms with E-state index in [1.807, 2.05) is 36.4 Å². The van der Waals surface area contributed by atoms with E-state index in [4.69, 9.17) is 14.4 Å². The number of allylic oxidation sites excluding steroid dienone is 1. The van der Waals surface area contributed by atoms with E-state index in [9.17, 15) is 0 Å². The zero-order valence-corrected chi connectivity index (χ0v) is 30.6. The van der Waals surface area contributed by atoms with Gasteiger partial charge in [-0.2, -0.15) is 0 Å². The number of rotatable bonds is 6. The van der Waals surface area contributed by atoms with E-state index in [-0.39, 0.29) is 0 Å². The highest BCUT2D eigenvalue weighted by molar-refractivity contribution is 6.16. The fourth-order valence-corrected chi connectivity index (χ4v) is 8.53. The van der Waals surface area contributed by atoms with Crippen LogP contribution in [0.1, 0.15) is 46.1 Å². The molecule has 56 heavy (non-hydrogen) atoms. The normalized spacial score (nSPS) is 14.3. The highest BCUT2D eigenvalue weighted by atomic mass is 16.3. The molecule has 1 aliphatic heterocycles. The van der Waals surface area contributed by atoms with Gasteiger partial charge in [0.1, 0.15) is 22.8 Å². The average Bonchev–Trinajstić information content (AvgIpc) is 3.82. The molecule has 2 aromatic heterocycles. The predicted molar refractivity (Wildman–Crippen MR) is 230 cm³/mol. The molecule has 5 nitrogen and oxygen atoms in total. The molecule has 1 aliphatic carbocycles. The Labute approximate surface area is 324 Å². The Balaban J connectivity index is 1.07. The van der Waals surface area contributed by atoms with E-state index >= 15 is 0 Å². The minimum absolute atomic E-state index is 0.462. The van der Waals surface area contributed by atoms with Gasteiger partial charge >= 0.3 is 0 Å². The van der Waals surface area contributed by atoms with Crippen LogP contribution in [-0.4, -0.2) is 16.2 Å². The highest BCUT2D eigenvalue weighted by Gasteiger charge is 2.26. The third kappa shape index (κ3) is 5.47. The number of hydrogen-bond donors (Lipinski definition) is 1. The Bertz CT molecular complexity index is 2970. The lowest BCUT2D eigenvalue weighted by Crippen LogP contribution is -2.36. The van der Waals surface area contributed by atoms with Gasteiger partial charge in [0.15, 0.2) is 6.17 Å². The molecule has 11 rings (SSSR count). The van der Waals surface area contributed by atoms with Crippen LogP contribution in [0.5, 0.6) is 0 Å². The van der Waals surface area contributed by atoms with Crippen LogP contribution in [0.25, 0.3) is 61.3 Å². The molecule has 0 bridgehead atoms. The summed E-state index contributed by atoms with van der Waals surface area (Å²) in [5.41, 5.74) is 14.7. The van der Waals surface area contributed by atoms with Gasteiger partial charge in [-0.3, -0.25) is 0 Å². The first-order valence-corrected chi connectivity index (χ1v) is 19.2. The molecular weight excluding hydrogens is 685 g/mol. The SMILES string of the molecule is C1=C(c2ccccc2)CCc2c1c1cc(-c3ccccc3)ccc1n2-c1ccc2c(c1)oc1cccc(C3N=C(c4ccccc4)NC(c4ccccc4)=N3)c12. The molecule has 0 spiro atoms. The highest BCUT2D eigenvalue weighted by Crippen LogP contribution is 2.42. The molecule has 1 N–H and O–H groups in total. The van der Waals surface area contributed by atoms with E-state index in [1.54, 1.807) is 0 Å². The van der Waals surface area contributed by atoms with Crippen molar-refractivity contribution >= 4 is 56.2 Å². The molecule has 0 saturated carbocycles. The fourth-order valence-electron chi connectivity index (χ4n) is 8.53. The zero-order chi connectivity index (χ0) is 37.0. The van der Waals surface area contributed by atoms with Crippen molar-refractivity contribution in [1.82, 2.24) is 9.88 Å². The number of nitrogens with one attached hydrogen (secondary N) is 1. The first-order valence-electron chi connectivity index (χ1n) is 19.2. The van der Waals surface area contributed by atoms with Gasteiger partial charge in [-0.05, 0) is 71.5 Å². The summed E-state index contributed by atoms with van der Waals surface area (Å²) < 4.78 is 9.17. The first kappa shape index (κ1) is 32.2. The van der Waals surface area contributed by atoms with Crippen LogP contribution in [0.3, 0.4) is 0 Å². The second-order valence-corrected chi connectivity index (χ2v) is 14.5. The van der Waals surface area contributed by atoms with Crippen molar-refractivity contribution in [2.24, 2.45) is 9.98 Å². The van der Waals surface area contributed by atoms with Gasteiger partial charge in [0.05, 0.1) is 5.52 Å². The third-order valence-electron chi connectivity index (χ3n) is 11.2. The van der Waals surface area contributed by atoms with Gasteiger partial charge in [-0.25, -0.2) is 9.98 Å². The standard InChI is InChI=1S/C51H36N4O/c1-5-14-33(15-6-1)37-24-28-44-42(30-37)43-31-38(34-16-7-2-8-17-34)25-29-45(43)55(44)39-26-27-40-47(32-39)56-46-23-13-22-41(48(40)46)51-53-49(35-18-9-3-10-19-35)52-50(54-51)36-20-11-4-12-21-36/h1-24,26-28,30-32,51H,25,29H2,(H,52,53,54). The summed E-state index contributed by atoms with van der Waals surface area (Å²) in [4.78, 5) is 10.4. The van der Waals surface area contributed by atoms with Crippen LogP contribution >= 0.6 is 0 Å². The molecule has 0 fully saturated rings. The Morgan fingerprint density at radius 2 is 1.16 bits per heavy atom. The quantitative estimate of drug-likeness (QED) is 0.186. The van der Waals surface area contributed by atoms with Gasteiger partial charge < -0.3 is 14.3 Å². The van der Waals surface area contributed by atoms with Crippen molar-refractivity contribution < 1.29 is 4.42 Å². The first-order chi connectivity index (χ1) is 27.7. The Morgan fingerprint density at radius 1 is 0.518 bits per heavy atom. The van der Waals surface area contributed by atoms with E-state index in [1.165, 1.54) is 44.4 Å². The molecule has 7 aromatic carbocycles. The third-order valence-corrected chi connectivity index (χ3v) is 11.2. The average molecular weight is 721 g/mol. The maximum Gasteiger partial charge on any atom is 0.170 e. The summed E-state index contributed by atoms with van der Waals surface area (Å²) in [6, 6.07) is 61.8. The van der Waals surface area contributed by atoms with Crippen LogP contribution in [0.4, 0.5) is 0 Å². The maximum atomic E-state index is 6.72. The molecule has 0 saturated heterocycles. The minimum Gasteiger partial charge on any atom is -0.456 e. The van der Waals surface area contributed by atoms with E-state index < -0.39 is 6.17 Å². The topological polar surface area (TPSA) is 54.8 Å². The number of hydrogen-bond acceptors (Lipinski definition) is 4. The number of aliphatic imine (C=N–C) groups is 2. The Morgan fingerprint density at radius 3 is 1.84 bits per heavy atom. The fraction of sp³-hybridized carbons (Fsp3) is 0.0588.